The molecule has 0 saturated heterocycles. The van der Waals surface area contributed by atoms with E-state index in [1.807, 2.05) is 6.92 Å². The smallest absolute Gasteiger partial charge is 0.245 e. The standard InChI is InChI=1S/C14H26N2O6/c1-2-12(18)3-7-21-9-5-15-13(19)4-8-22-10-6-16-14(20)11-17/h17H,2-11H2,1H3,(H,15,19)(H,16,20). The zero-order valence-electron chi connectivity index (χ0n) is 13.1. The first-order valence-electron chi connectivity index (χ1n) is 7.41. The van der Waals surface area contributed by atoms with Gasteiger partial charge in [0.05, 0.1) is 26.4 Å². The van der Waals surface area contributed by atoms with E-state index >= 15 is 0 Å². The number of aliphatic hydroxyl groups excluding tert-OH is 1. The first-order valence-corrected chi connectivity index (χ1v) is 7.41. The molecule has 0 aliphatic heterocycles. The monoisotopic (exact) mass is 318 g/mol. The summed E-state index contributed by atoms with van der Waals surface area (Å²) >= 11 is 0. The Morgan fingerprint density at radius 3 is 1.95 bits per heavy atom. The van der Waals surface area contributed by atoms with E-state index in [1.165, 1.54) is 0 Å². The quantitative estimate of drug-likeness (QED) is 0.354. The second-order valence-electron chi connectivity index (χ2n) is 4.47. The van der Waals surface area contributed by atoms with Crippen molar-refractivity contribution in [3.8, 4) is 0 Å². The van der Waals surface area contributed by atoms with Crippen LogP contribution in [0.2, 0.25) is 0 Å². The predicted molar refractivity (Wildman–Crippen MR) is 79.3 cm³/mol. The molecule has 0 aliphatic rings. The van der Waals surface area contributed by atoms with Gasteiger partial charge in [0.2, 0.25) is 11.8 Å². The summed E-state index contributed by atoms with van der Waals surface area (Å²) < 4.78 is 10.4. The Hall–Kier alpha value is -1.51. The summed E-state index contributed by atoms with van der Waals surface area (Å²) in [4.78, 5) is 33.1. The van der Waals surface area contributed by atoms with E-state index in [4.69, 9.17) is 14.6 Å². The van der Waals surface area contributed by atoms with Gasteiger partial charge in [0.25, 0.3) is 0 Å². The van der Waals surface area contributed by atoms with Gasteiger partial charge in [0, 0.05) is 32.4 Å². The summed E-state index contributed by atoms with van der Waals surface area (Å²) in [7, 11) is 0. The van der Waals surface area contributed by atoms with Gasteiger partial charge in [-0.15, -0.1) is 0 Å². The zero-order valence-corrected chi connectivity index (χ0v) is 13.1. The average molecular weight is 318 g/mol. The number of carbonyl (C=O) groups excluding carboxylic acids is 3. The lowest BCUT2D eigenvalue weighted by Gasteiger charge is -2.07. The minimum Gasteiger partial charge on any atom is -0.387 e. The van der Waals surface area contributed by atoms with Gasteiger partial charge in [-0.1, -0.05) is 6.92 Å². The number of rotatable bonds is 14. The molecule has 128 valence electrons. The molecule has 8 nitrogen and oxygen atoms in total. The number of carbonyl (C=O) groups is 3. The van der Waals surface area contributed by atoms with E-state index in [2.05, 4.69) is 10.6 Å². The molecule has 0 radical (unpaired) electrons. The van der Waals surface area contributed by atoms with Crippen LogP contribution in [0.15, 0.2) is 0 Å². The maximum Gasteiger partial charge on any atom is 0.245 e. The SMILES string of the molecule is CCC(=O)CCOCCNC(=O)CCOCCNC(=O)CO. The van der Waals surface area contributed by atoms with Gasteiger partial charge in [0.15, 0.2) is 0 Å². The molecule has 0 spiro atoms. The predicted octanol–water partition coefficient (Wildman–Crippen LogP) is -0.996. The molecule has 0 atom stereocenters. The van der Waals surface area contributed by atoms with E-state index in [0.29, 0.717) is 39.1 Å². The summed E-state index contributed by atoms with van der Waals surface area (Å²) in [5, 5.41) is 13.6. The number of amides is 2. The highest BCUT2D eigenvalue weighted by atomic mass is 16.5. The molecule has 0 unspecified atom stereocenters. The van der Waals surface area contributed by atoms with Gasteiger partial charge < -0.3 is 25.2 Å². The van der Waals surface area contributed by atoms with E-state index in [0.717, 1.165) is 0 Å². The van der Waals surface area contributed by atoms with Gasteiger partial charge in [0.1, 0.15) is 12.4 Å². The van der Waals surface area contributed by atoms with Crippen LogP contribution < -0.4 is 10.6 Å². The van der Waals surface area contributed by atoms with Crippen LogP contribution in [-0.2, 0) is 23.9 Å². The maximum atomic E-state index is 11.4. The Morgan fingerprint density at radius 1 is 0.864 bits per heavy atom. The van der Waals surface area contributed by atoms with Crippen LogP contribution in [0.1, 0.15) is 26.2 Å². The van der Waals surface area contributed by atoms with Crippen LogP contribution in [-0.4, -0.2) is 68.8 Å². The number of hydrogen-bond donors (Lipinski definition) is 3. The highest BCUT2D eigenvalue weighted by Crippen LogP contribution is 1.89. The largest absolute Gasteiger partial charge is 0.387 e. The highest BCUT2D eigenvalue weighted by molar-refractivity contribution is 5.78. The van der Waals surface area contributed by atoms with E-state index in [-0.39, 0.29) is 31.3 Å². The Morgan fingerprint density at radius 2 is 1.41 bits per heavy atom. The van der Waals surface area contributed by atoms with Gasteiger partial charge >= 0.3 is 0 Å². The van der Waals surface area contributed by atoms with Crippen molar-refractivity contribution in [2.45, 2.75) is 26.2 Å². The molecular formula is C14H26N2O6. The molecule has 22 heavy (non-hydrogen) atoms. The van der Waals surface area contributed by atoms with Crippen LogP contribution in [0.3, 0.4) is 0 Å². The number of ether oxygens (including phenoxy) is 2. The lowest BCUT2D eigenvalue weighted by atomic mass is 10.2. The highest BCUT2D eigenvalue weighted by Gasteiger charge is 2.02. The minimum atomic E-state index is -0.545. The lowest BCUT2D eigenvalue weighted by Crippen LogP contribution is -2.30. The third-order valence-corrected chi connectivity index (χ3v) is 2.67. The topological polar surface area (TPSA) is 114 Å². The summed E-state index contributed by atoms with van der Waals surface area (Å²) in [6, 6.07) is 0. The minimum absolute atomic E-state index is 0.146. The third-order valence-electron chi connectivity index (χ3n) is 2.67. The van der Waals surface area contributed by atoms with Crippen molar-refractivity contribution in [3.05, 3.63) is 0 Å². The van der Waals surface area contributed by atoms with Crippen molar-refractivity contribution in [1.29, 1.82) is 0 Å². The van der Waals surface area contributed by atoms with Crippen molar-refractivity contribution < 1.29 is 29.0 Å². The van der Waals surface area contributed by atoms with Crippen molar-refractivity contribution in [3.63, 3.8) is 0 Å². The number of hydrogen-bond acceptors (Lipinski definition) is 6. The molecule has 0 aromatic rings. The van der Waals surface area contributed by atoms with Crippen LogP contribution in [0.4, 0.5) is 0 Å². The first-order chi connectivity index (χ1) is 10.6. The maximum absolute atomic E-state index is 11.4. The van der Waals surface area contributed by atoms with E-state index < -0.39 is 12.5 Å². The molecule has 0 aliphatic carbocycles. The molecule has 0 heterocycles. The van der Waals surface area contributed by atoms with Crippen molar-refractivity contribution in [2.75, 3.05) is 46.1 Å². The molecule has 0 fully saturated rings. The van der Waals surface area contributed by atoms with Crippen LogP contribution in [0.5, 0.6) is 0 Å². The van der Waals surface area contributed by atoms with Gasteiger partial charge in [-0.2, -0.15) is 0 Å². The first kappa shape index (κ1) is 20.5. The fourth-order valence-electron chi connectivity index (χ4n) is 1.40. The second kappa shape index (κ2) is 14.4. The van der Waals surface area contributed by atoms with Crippen LogP contribution >= 0.6 is 0 Å². The number of ketones is 1. The van der Waals surface area contributed by atoms with Crippen molar-refractivity contribution in [2.24, 2.45) is 0 Å². The zero-order chi connectivity index (χ0) is 16.6. The fraction of sp³-hybridized carbons (Fsp3) is 0.786. The third kappa shape index (κ3) is 13.5. The Bertz CT molecular complexity index is 305. The van der Waals surface area contributed by atoms with Crippen molar-refractivity contribution >= 4 is 17.6 Å². The summed E-state index contributed by atoms with van der Waals surface area (Å²) in [6.07, 6.45) is 1.15. The Balaban J connectivity index is 3.29. The molecule has 0 bridgehead atoms. The van der Waals surface area contributed by atoms with Crippen LogP contribution in [0, 0.1) is 0 Å². The molecule has 0 rings (SSSR count). The molecule has 3 N–H and O–H groups in total. The summed E-state index contributed by atoms with van der Waals surface area (Å²) in [5.41, 5.74) is 0. The van der Waals surface area contributed by atoms with Gasteiger partial charge in [-0.25, -0.2) is 0 Å². The fourth-order valence-corrected chi connectivity index (χ4v) is 1.40. The van der Waals surface area contributed by atoms with E-state index in [1.54, 1.807) is 0 Å². The van der Waals surface area contributed by atoms with Gasteiger partial charge in [-0.3, -0.25) is 14.4 Å². The summed E-state index contributed by atoms with van der Waals surface area (Å²) in [5.74, 6) is -0.439. The lowest BCUT2D eigenvalue weighted by molar-refractivity contribution is -0.124. The number of Topliss-reactive ketones (excluding diaryl/α,β-unsaturated/α-hetero) is 1. The second-order valence-corrected chi connectivity index (χ2v) is 4.47. The number of nitrogens with one attached hydrogen (secondary N) is 2. The number of aliphatic hydroxyl groups is 1. The molecule has 0 aromatic heterocycles. The summed E-state index contributed by atoms with van der Waals surface area (Å²) in [6.45, 7) is 3.25. The molecular weight excluding hydrogens is 292 g/mol. The average Bonchev–Trinajstić information content (AvgIpc) is 2.53. The van der Waals surface area contributed by atoms with Gasteiger partial charge in [-0.05, 0) is 0 Å². The molecule has 0 aromatic carbocycles. The molecule has 8 heteroatoms. The Kier molecular flexibility index (Phi) is 13.4. The van der Waals surface area contributed by atoms with Crippen molar-refractivity contribution in [1.82, 2.24) is 10.6 Å². The van der Waals surface area contributed by atoms with E-state index in [9.17, 15) is 14.4 Å². The Labute approximate surface area is 130 Å². The molecule has 0 saturated carbocycles. The van der Waals surface area contributed by atoms with Crippen LogP contribution in [0.25, 0.3) is 0 Å². The normalized spacial score (nSPS) is 10.3. The molecule has 2 amide bonds.